The van der Waals surface area contributed by atoms with E-state index >= 15 is 0 Å². The molecule has 0 aliphatic heterocycles. The van der Waals surface area contributed by atoms with Crippen molar-refractivity contribution in [3.05, 3.63) is 12.7 Å². The Labute approximate surface area is 140 Å². The Morgan fingerprint density at radius 3 is 2.43 bits per heavy atom. The first-order chi connectivity index (χ1) is 10.6. The van der Waals surface area contributed by atoms with Crippen molar-refractivity contribution in [2.24, 2.45) is 28.1 Å². The first-order valence-electron chi connectivity index (χ1n) is 9.21. The molecule has 0 unspecified atom stereocenters. The normalized spacial score (nSPS) is 53.0. The van der Waals surface area contributed by atoms with Gasteiger partial charge in [0.05, 0.1) is 11.0 Å². The standard InChI is InChI=1S/C20H32O3/c1-5-17(2)11-12-18(3)14(13-17)8-10-20(23)15(18)7-6-9-19(20,4)16(21)22/h5,14-15,23H,1,6-13H2,2-4H3,(H,21,22)/t14-,15+,17-,18-,19-,20-/m1/s1. The van der Waals surface area contributed by atoms with Crippen molar-refractivity contribution in [3.8, 4) is 0 Å². The number of hydrogen-bond donors (Lipinski definition) is 2. The SMILES string of the molecule is C=C[C@]1(C)CC[C@]2(C)[C@H](CC[C@@]3(O)[C@H]2CCC[C@]3(C)C(=O)O)C1. The summed E-state index contributed by atoms with van der Waals surface area (Å²) < 4.78 is 0. The van der Waals surface area contributed by atoms with Gasteiger partial charge in [0.25, 0.3) is 0 Å². The van der Waals surface area contributed by atoms with Crippen LogP contribution in [0.15, 0.2) is 12.7 Å². The zero-order valence-corrected chi connectivity index (χ0v) is 14.9. The fourth-order valence-corrected chi connectivity index (χ4v) is 6.24. The molecule has 3 aliphatic carbocycles. The zero-order chi connectivity index (χ0) is 17.1. The van der Waals surface area contributed by atoms with Gasteiger partial charge < -0.3 is 10.2 Å². The summed E-state index contributed by atoms with van der Waals surface area (Å²) in [6.07, 6.45) is 9.46. The maximum Gasteiger partial charge on any atom is 0.312 e. The van der Waals surface area contributed by atoms with Gasteiger partial charge in [-0.2, -0.15) is 0 Å². The minimum atomic E-state index is -1.05. The fraction of sp³-hybridized carbons (Fsp3) is 0.850. The third-order valence-electron chi connectivity index (χ3n) is 8.22. The van der Waals surface area contributed by atoms with Crippen molar-refractivity contribution in [3.63, 3.8) is 0 Å². The van der Waals surface area contributed by atoms with Crippen molar-refractivity contribution >= 4 is 5.97 Å². The lowest BCUT2D eigenvalue weighted by molar-refractivity contribution is -0.234. The molecule has 130 valence electrons. The predicted molar refractivity (Wildman–Crippen MR) is 91.0 cm³/mol. The fourth-order valence-electron chi connectivity index (χ4n) is 6.24. The molecule has 2 N–H and O–H groups in total. The van der Waals surface area contributed by atoms with Crippen LogP contribution in [0.1, 0.15) is 72.1 Å². The Morgan fingerprint density at radius 1 is 1.13 bits per heavy atom. The molecule has 0 amide bonds. The van der Waals surface area contributed by atoms with Gasteiger partial charge in [0.2, 0.25) is 0 Å². The van der Waals surface area contributed by atoms with E-state index in [0.717, 1.165) is 38.5 Å². The van der Waals surface area contributed by atoms with Gasteiger partial charge >= 0.3 is 5.97 Å². The molecule has 3 fully saturated rings. The highest BCUT2D eigenvalue weighted by Crippen LogP contribution is 2.66. The van der Waals surface area contributed by atoms with E-state index in [1.54, 1.807) is 6.92 Å². The molecule has 0 aromatic carbocycles. The minimum Gasteiger partial charge on any atom is -0.481 e. The first kappa shape index (κ1) is 17.0. The van der Waals surface area contributed by atoms with Crippen LogP contribution in [0, 0.1) is 28.1 Å². The van der Waals surface area contributed by atoms with E-state index in [0.29, 0.717) is 18.8 Å². The third kappa shape index (κ3) is 2.15. The lowest BCUT2D eigenvalue weighted by Gasteiger charge is -2.64. The van der Waals surface area contributed by atoms with Crippen LogP contribution in [0.25, 0.3) is 0 Å². The number of allylic oxidation sites excluding steroid dienone is 1. The zero-order valence-electron chi connectivity index (χ0n) is 14.9. The number of hydrogen-bond acceptors (Lipinski definition) is 2. The smallest absolute Gasteiger partial charge is 0.312 e. The van der Waals surface area contributed by atoms with Crippen LogP contribution in [-0.2, 0) is 4.79 Å². The largest absolute Gasteiger partial charge is 0.481 e. The van der Waals surface area contributed by atoms with Crippen LogP contribution in [0.4, 0.5) is 0 Å². The van der Waals surface area contributed by atoms with Crippen LogP contribution in [-0.4, -0.2) is 21.8 Å². The molecular formula is C20H32O3. The molecule has 0 radical (unpaired) electrons. The summed E-state index contributed by atoms with van der Waals surface area (Å²) in [4.78, 5) is 12.0. The summed E-state index contributed by atoms with van der Waals surface area (Å²) in [5.41, 5.74) is -1.79. The average Bonchev–Trinajstić information content (AvgIpc) is 2.50. The number of aliphatic hydroxyl groups is 1. The maximum atomic E-state index is 12.0. The highest BCUT2D eigenvalue weighted by molar-refractivity contribution is 5.76. The van der Waals surface area contributed by atoms with E-state index in [9.17, 15) is 15.0 Å². The molecular weight excluding hydrogens is 288 g/mol. The molecule has 3 rings (SSSR count). The van der Waals surface area contributed by atoms with Crippen LogP contribution >= 0.6 is 0 Å². The number of carbonyl (C=O) groups is 1. The van der Waals surface area contributed by atoms with Crippen molar-refractivity contribution in [1.82, 2.24) is 0 Å². The monoisotopic (exact) mass is 320 g/mol. The summed E-state index contributed by atoms with van der Waals surface area (Å²) in [5, 5.41) is 21.4. The molecule has 0 heterocycles. The van der Waals surface area contributed by atoms with E-state index < -0.39 is 17.0 Å². The Kier molecular flexibility index (Phi) is 3.76. The van der Waals surface area contributed by atoms with Crippen molar-refractivity contribution in [2.75, 3.05) is 0 Å². The Morgan fingerprint density at radius 2 is 1.83 bits per heavy atom. The molecule has 0 spiro atoms. The molecule has 0 aromatic heterocycles. The van der Waals surface area contributed by atoms with Crippen molar-refractivity contribution < 1.29 is 15.0 Å². The summed E-state index contributed by atoms with van der Waals surface area (Å²) in [5.74, 6) is -0.142. The topological polar surface area (TPSA) is 57.5 Å². The maximum absolute atomic E-state index is 12.0. The van der Waals surface area contributed by atoms with Crippen LogP contribution in [0.3, 0.4) is 0 Å². The Balaban J connectivity index is 1.98. The first-order valence-corrected chi connectivity index (χ1v) is 9.21. The van der Waals surface area contributed by atoms with Gasteiger partial charge in [0, 0.05) is 0 Å². The molecule has 0 saturated heterocycles. The quantitative estimate of drug-likeness (QED) is 0.741. The summed E-state index contributed by atoms with van der Waals surface area (Å²) in [7, 11) is 0. The van der Waals surface area contributed by atoms with E-state index in [2.05, 4.69) is 26.5 Å². The second-order valence-electron chi connectivity index (χ2n) is 9.31. The number of fused-ring (bicyclic) bond motifs is 3. The summed E-state index contributed by atoms with van der Waals surface area (Å²) in [6, 6.07) is 0. The van der Waals surface area contributed by atoms with Gasteiger partial charge in [0.15, 0.2) is 0 Å². The number of aliphatic carboxylic acids is 1. The summed E-state index contributed by atoms with van der Waals surface area (Å²) in [6.45, 7) is 10.4. The third-order valence-corrected chi connectivity index (χ3v) is 8.22. The minimum absolute atomic E-state index is 0.0622. The molecule has 3 aliphatic rings. The molecule has 3 saturated carbocycles. The van der Waals surface area contributed by atoms with Crippen LogP contribution in [0.2, 0.25) is 0 Å². The lowest BCUT2D eigenvalue weighted by atomic mass is 9.41. The summed E-state index contributed by atoms with van der Waals surface area (Å²) >= 11 is 0. The highest BCUT2D eigenvalue weighted by atomic mass is 16.4. The Bertz CT molecular complexity index is 529. The van der Waals surface area contributed by atoms with Crippen molar-refractivity contribution in [1.29, 1.82) is 0 Å². The van der Waals surface area contributed by atoms with Gasteiger partial charge in [-0.05, 0) is 74.5 Å². The van der Waals surface area contributed by atoms with Gasteiger partial charge in [-0.1, -0.05) is 26.3 Å². The highest BCUT2D eigenvalue weighted by Gasteiger charge is 2.66. The van der Waals surface area contributed by atoms with Gasteiger partial charge in [-0.25, -0.2) is 0 Å². The van der Waals surface area contributed by atoms with Gasteiger partial charge in [0.1, 0.15) is 0 Å². The van der Waals surface area contributed by atoms with Crippen molar-refractivity contribution in [2.45, 2.75) is 77.7 Å². The van der Waals surface area contributed by atoms with E-state index in [1.807, 2.05) is 0 Å². The molecule has 0 aromatic rings. The van der Waals surface area contributed by atoms with Crippen LogP contribution < -0.4 is 0 Å². The molecule has 6 atom stereocenters. The van der Waals surface area contributed by atoms with Crippen LogP contribution in [0.5, 0.6) is 0 Å². The van der Waals surface area contributed by atoms with E-state index in [1.165, 1.54) is 0 Å². The van der Waals surface area contributed by atoms with Gasteiger partial charge in [-0.3, -0.25) is 4.79 Å². The van der Waals surface area contributed by atoms with E-state index in [-0.39, 0.29) is 16.7 Å². The molecule has 0 bridgehead atoms. The molecule has 23 heavy (non-hydrogen) atoms. The second-order valence-corrected chi connectivity index (χ2v) is 9.31. The number of carboxylic acid groups (broad SMARTS) is 1. The number of carboxylic acids is 1. The average molecular weight is 320 g/mol. The second kappa shape index (κ2) is 5.08. The molecule has 3 nitrogen and oxygen atoms in total. The number of rotatable bonds is 2. The lowest BCUT2D eigenvalue weighted by Crippen LogP contribution is -2.66. The molecule has 3 heteroatoms. The predicted octanol–water partition coefficient (Wildman–Crippen LogP) is 4.40. The van der Waals surface area contributed by atoms with Gasteiger partial charge in [-0.15, -0.1) is 6.58 Å². The van der Waals surface area contributed by atoms with E-state index in [4.69, 9.17) is 0 Å². The Hall–Kier alpha value is -0.830.